The molecule has 0 fully saturated rings. The summed E-state index contributed by atoms with van der Waals surface area (Å²) in [6.07, 6.45) is 100. The van der Waals surface area contributed by atoms with Gasteiger partial charge in [0.1, 0.15) is 6.61 Å². The SMILES string of the molecule is CC/C=C\C/C=C\C/C=C\C/C=C\C/C=C\C/C=C\C/C=C\C/C=C\C/C=C\C/C=C\CCCCCCCCCCC(=O)OC(CO)COC(=O)CCCCCCCCCCCC/C=C\C/C=C\C/C=C\C/C=C\CC. The van der Waals surface area contributed by atoms with E-state index in [-0.39, 0.29) is 25.2 Å². The number of hydrogen-bond acceptors (Lipinski definition) is 5. The third kappa shape index (κ3) is 61.8. The fourth-order valence-electron chi connectivity index (χ4n) is 7.99. The Morgan fingerprint density at radius 3 is 0.789 bits per heavy atom. The Labute approximate surface area is 468 Å². The van der Waals surface area contributed by atoms with Gasteiger partial charge in [0.25, 0.3) is 0 Å². The number of rotatable bonds is 54. The molecule has 0 spiro atoms. The lowest BCUT2D eigenvalue weighted by molar-refractivity contribution is -0.161. The van der Waals surface area contributed by atoms with Crippen LogP contribution in [0.25, 0.3) is 0 Å². The Bertz CT molecular complexity index is 1700. The standard InChI is InChI=1S/C71H112O5/c1-3-5-7-9-11-13-15-17-19-21-23-25-27-28-29-30-31-32-33-34-35-36-37-38-39-40-41-42-44-46-48-50-52-54-56-58-60-62-64-66-71(74)76-69(67-72)68-75-70(73)65-63-61-59-57-55-53-51-49-47-45-43-26-24-22-20-18-16-14-12-10-8-6-4-2/h5-8,11-14,17-20,23-26,28-29,31-32,34-35,37-38,40-41,44,46,69,72H,3-4,9-10,15-16,21-22,27,30,33,36,39,42-43,45,47-68H2,1-2H3/b7-5-,8-6-,13-11-,14-12-,19-17-,20-18-,25-23-,26-24-,29-28-,32-31-,35-34-,38-37-,41-40-,46-44-. The molecule has 76 heavy (non-hydrogen) atoms. The summed E-state index contributed by atoms with van der Waals surface area (Å²) in [6, 6.07) is 0. The van der Waals surface area contributed by atoms with Crippen LogP contribution in [0.4, 0.5) is 0 Å². The van der Waals surface area contributed by atoms with Crippen molar-refractivity contribution in [3.8, 4) is 0 Å². The van der Waals surface area contributed by atoms with Gasteiger partial charge >= 0.3 is 11.9 Å². The molecule has 0 radical (unpaired) electrons. The summed E-state index contributed by atoms with van der Waals surface area (Å²) in [6.45, 7) is 3.90. The minimum Gasteiger partial charge on any atom is -0.462 e. The molecule has 5 nitrogen and oxygen atoms in total. The van der Waals surface area contributed by atoms with Crippen LogP contribution in [0, 0.1) is 0 Å². The summed E-state index contributed by atoms with van der Waals surface area (Å²) in [4.78, 5) is 24.6. The minimum atomic E-state index is -0.792. The van der Waals surface area contributed by atoms with Crippen LogP contribution in [-0.4, -0.2) is 36.4 Å². The van der Waals surface area contributed by atoms with Crippen LogP contribution >= 0.6 is 0 Å². The van der Waals surface area contributed by atoms with Crippen molar-refractivity contribution >= 4 is 11.9 Å². The number of carbonyl (C=O) groups is 2. The molecule has 0 amide bonds. The van der Waals surface area contributed by atoms with Crippen LogP contribution in [0.2, 0.25) is 0 Å². The fraction of sp³-hybridized carbons (Fsp3) is 0.577. The number of hydrogen-bond donors (Lipinski definition) is 1. The second-order valence-electron chi connectivity index (χ2n) is 19.7. The number of aliphatic hydroxyl groups is 1. The number of esters is 2. The fourth-order valence-corrected chi connectivity index (χ4v) is 7.99. The second kappa shape index (κ2) is 64.5. The van der Waals surface area contributed by atoms with Crippen LogP contribution in [0.15, 0.2) is 170 Å². The van der Waals surface area contributed by atoms with Gasteiger partial charge in [0.15, 0.2) is 6.10 Å². The average Bonchev–Trinajstić information content (AvgIpc) is 3.42. The summed E-state index contributed by atoms with van der Waals surface area (Å²) in [5, 5.41) is 9.67. The van der Waals surface area contributed by atoms with Crippen molar-refractivity contribution in [2.45, 2.75) is 251 Å². The maximum Gasteiger partial charge on any atom is 0.306 e. The number of ether oxygens (including phenoxy) is 2. The molecule has 0 aromatic carbocycles. The smallest absolute Gasteiger partial charge is 0.306 e. The van der Waals surface area contributed by atoms with Crippen LogP contribution < -0.4 is 0 Å². The van der Waals surface area contributed by atoms with E-state index in [4.69, 9.17) is 9.47 Å². The molecule has 1 atom stereocenters. The molecule has 0 aromatic rings. The first-order valence-electron chi connectivity index (χ1n) is 30.7. The Hall–Kier alpha value is -4.74. The third-order valence-corrected chi connectivity index (χ3v) is 12.5. The molecule has 5 heteroatoms. The highest BCUT2D eigenvalue weighted by molar-refractivity contribution is 5.70. The third-order valence-electron chi connectivity index (χ3n) is 12.5. The van der Waals surface area contributed by atoms with E-state index >= 15 is 0 Å². The van der Waals surface area contributed by atoms with E-state index in [0.717, 1.165) is 135 Å². The molecule has 0 aliphatic carbocycles. The number of unbranched alkanes of at least 4 members (excludes halogenated alkanes) is 18. The number of carbonyl (C=O) groups excluding carboxylic acids is 2. The normalized spacial score (nSPS) is 13.5. The first-order chi connectivity index (χ1) is 37.6. The summed E-state index contributed by atoms with van der Waals surface area (Å²) < 4.78 is 10.7. The molecule has 0 rings (SSSR count). The van der Waals surface area contributed by atoms with Gasteiger partial charge in [-0.05, 0) is 128 Å². The predicted octanol–water partition coefficient (Wildman–Crippen LogP) is 21.3. The molecule has 1 N–H and O–H groups in total. The van der Waals surface area contributed by atoms with E-state index in [9.17, 15) is 14.7 Å². The molecule has 0 saturated carbocycles. The zero-order chi connectivity index (χ0) is 54.8. The van der Waals surface area contributed by atoms with E-state index in [1.54, 1.807) is 0 Å². The largest absolute Gasteiger partial charge is 0.462 e. The van der Waals surface area contributed by atoms with Gasteiger partial charge in [-0.2, -0.15) is 0 Å². The van der Waals surface area contributed by atoms with E-state index in [1.807, 2.05) is 0 Å². The van der Waals surface area contributed by atoms with E-state index in [2.05, 4.69) is 184 Å². The van der Waals surface area contributed by atoms with Crippen LogP contribution in [0.1, 0.15) is 245 Å². The average molecular weight is 1050 g/mol. The Morgan fingerprint density at radius 2 is 0.526 bits per heavy atom. The topological polar surface area (TPSA) is 72.8 Å². The molecule has 426 valence electrons. The van der Waals surface area contributed by atoms with Gasteiger partial charge in [-0.15, -0.1) is 0 Å². The lowest BCUT2D eigenvalue weighted by atomic mass is 10.1. The van der Waals surface area contributed by atoms with Crippen molar-refractivity contribution in [3.05, 3.63) is 170 Å². The minimum absolute atomic E-state index is 0.0814. The van der Waals surface area contributed by atoms with Crippen molar-refractivity contribution in [2.75, 3.05) is 13.2 Å². The highest BCUT2D eigenvalue weighted by Gasteiger charge is 2.16. The lowest BCUT2D eigenvalue weighted by Gasteiger charge is -2.15. The highest BCUT2D eigenvalue weighted by Crippen LogP contribution is 2.14. The van der Waals surface area contributed by atoms with E-state index in [1.165, 1.54) is 83.5 Å². The van der Waals surface area contributed by atoms with Crippen LogP contribution in [0.3, 0.4) is 0 Å². The lowest BCUT2D eigenvalue weighted by Crippen LogP contribution is -2.28. The number of allylic oxidation sites excluding steroid dienone is 28. The second-order valence-corrected chi connectivity index (χ2v) is 19.7. The molecule has 0 bridgehead atoms. The first kappa shape index (κ1) is 71.3. The molecule has 0 aromatic heterocycles. The Morgan fingerprint density at radius 1 is 0.303 bits per heavy atom. The molecule has 1 unspecified atom stereocenters. The van der Waals surface area contributed by atoms with Gasteiger partial charge in [0, 0.05) is 12.8 Å². The van der Waals surface area contributed by atoms with E-state index < -0.39 is 6.10 Å². The maximum atomic E-state index is 12.3. The van der Waals surface area contributed by atoms with Crippen molar-refractivity contribution < 1.29 is 24.2 Å². The van der Waals surface area contributed by atoms with Crippen LogP contribution in [0.5, 0.6) is 0 Å². The Balaban J connectivity index is 3.61. The van der Waals surface area contributed by atoms with Crippen molar-refractivity contribution in [3.63, 3.8) is 0 Å². The Kier molecular flexibility index (Phi) is 60.5. The monoisotopic (exact) mass is 1040 g/mol. The number of aliphatic hydroxyl groups excluding tert-OH is 1. The van der Waals surface area contributed by atoms with Crippen molar-refractivity contribution in [2.24, 2.45) is 0 Å². The summed E-state index contributed by atoms with van der Waals surface area (Å²) in [5.41, 5.74) is 0. The zero-order valence-electron chi connectivity index (χ0n) is 48.7. The summed E-state index contributed by atoms with van der Waals surface area (Å²) in [7, 11) is 0. The van der Waals surface area contributed by atoms with Gasteiger partial charge in [0.2, 0.25) is 0 Å². The molecule has 0 heterocycles. The summed E-state index contributed by atoms with van der Waals surface area (Å²) in [5.74, 6) is -0.614. The zero-order valence-corrected chi connectivity index (χ0v) is 48.7. The molecule has 0 saturated heterocycles. The maximum absolute atomic E-state index is 12.3. The predicted molar refractivity (Wildman–Crippen MR) is 333 cm³/mol. The quantitative estimate of drug-likeness (QED) is 0.0373. The van der Waals surface area contributed by atoms with Gasteiger partial charge < -0.3 is 14.6 Å². The molecular formula is C71H112O5. The highest BCUT2D eigenvalue weighted by atomic mass is 16.6. The van der Waals surface area contributed by atoms with Crippen LogP contribution in [-0.2, 0) is 19.1 Å². The van der Waals surface area contributed by atoms with Crippen molar-refractivity contribution in [1.29, 1.82) is 0 Å². The van der Waals surface area contributed by atoms with Gasteiger partial charge in [0.05, 0.1) is 6.61 Å². The van der Waals surface area contributed by atoms with Gasteiger partial charge in [-0.1, -0.05) is 274 Å². The van der Waals surface area contributed by atoms with Crippen molar-refractivity contribution in [1.82, 2.24) is 0 Å². The van der Waals surface area contributed by atoms with Gasteiger partial charge in [-0.25, -0.2) is 0 Å². The molecular weight excluding hydrogens is 933 g/mol. The molecule has 0 aliphatic heterocycles. The molecule has 0 aliphatic rings. The first-order valence-corrected chi connectivity index (χ1v) is 30.7. The van der Waals surface area contributed by atoms with Gasteiger partial charge in [-0.3, -0.25) is 9.59 Å². The summed E-state index contributed by atoms with van der Waals surface area (Å²) >= 11 is 0. The van der Waals surface area contributed by atoms with E-state index in [0.29, 0.717) is 12.8 Å².